The smallest absolute Gasteiger partial charge is 0.272 e. The van der Waals surface area contributed by atoms with Crippen LogP contribution in [0, 0.1) is 15.9 Å². The third-order valence-electron chi connectivity index (χ3n) is 3.87. The van der Waals surface area contributed by atoms with Gasteiger partial charge in [-0.15, -0.1) is 0 Å². The Hall–Kier alpha value is -1.49. The molecular weight excluding hydrogens is 223 g/mol. The van der Waals surface area contributed by atoms with Gasteiger partial charge in [-0.25, -0.2) is 4.39 Å². The summed E-state index contributed by atoms with van der Waals surface area (Å²) in [5.74, 6) is -0.555. The highest BCUT2D eigenvalue weighted by atomic mass is 19.1. The third-order valence-corrected chi connectivity index (χ3v) is 3.87. The fourth-order valence-corrected chi connectivity index (χ4v) is 2.15. The van der Waals surface area contributed by atoms with Crippen molar-refractivity contribution in [2.75, 3.05) is 0 Å². The quantitative estimate of drug-likeness (QED) is 0.649. The van der Waals surface area contributed by atoms with Crippen LogP contribution in [0.4, 0.5) is 10.1 Å². The van der Waals surface area contributed by atoms with Crippen molar-refractivity contribution < 1.29 is 9.31 Å². The molecule has 0 radical (unpaired) electrons. The molecule has 2 rings (SSSR count). The summed E-state index contributed by atoms with van der Waals surface area (Å²) in [6.07, 6.45) is 1.72. The number of hydrogen-bond donors (Lipinski definition) is 1. The largest absolute Gasteiger partial charge is 0.324 e. The summed E-state index contributed by atoms with van der Waals surface area (Å²) in [7, 11) is 0. The summed E-state index contributed by atoms with van der Waals surface area (Å²) in [5, 5.41) is 10.5. The topological polar surface area (TPSA) is 69.2 Å². The highest BCUT2D eigenvalue weighted by Gasteiger charge is 2.52. The van der Waals surface area contributed by atoms with E-state index < -0.39 is 16.2 Å². The van der Waals surface area contributed by atoms with Gasteiger partial charge in [0.05, 0.1) is 11.0 Å². The highest BCUT2D eigenvalue weighted by molar-refractivity contribution is 5.40. The fourth-order valence-electron chi connectivity index (χ4n) is 2.15. The molecule has 1 aromatic carbocycles. The van der Waals surface area contributed by atoms with Crippen molar-refractivity contribution in [1.82, 2.24) is 0 Å². The molecule has 1 fully saturated rings. The minimum atomic E-state index is -0.602. The molecule has 0 bridgehead atoms. The second-order valence-corrected chi connectivity index (χ2v) is 5.20. The Morgan fingerprint density at radius 2 is 2.06 bits per heavy atom. The summed E-state index contributed by atoms with van der Waals surface area (Å²) in [5.41, 5.74) is 5.44. The number of hydrogen-bond acceptors (Lipinski definition) is 3. The van der Waals surface area contributed by atoms with Crippen LogP contribution in [0.25, 0.3) is 0 Å². The Kier molecular flexibility index (Phi) is 2.47. The monoisotopic (exact) mass is 238 g/mol. The zero-order valence-electron chi connectivity index (χ0n) is 9.87. The van der Waals surface area contributed by atoms with Gasteiger partial charge >= 0.3 is 0 Å². The average molecular weight is 238 g/mol. The first kappa shape index (κ1) is 12.0. The standard InChI is InChI=1S/C12H15FN2O2/c1-11(2,12(14)5-6-12)9-4-3-8(15(16)17)7-10(9)13/h3-4,7H,5-6,14H2,1-2H3. The maximum Gasteiger partial charge on any atom is 0.272 e. The number of nitro benzene ring substituents is 1. The normalized spacial score (nSPS) is 17.9. The van der Waals surface area contributed by atoms with Crippen molar-refractivity contribution in [2.45, 2.75) is 37.6 Å². The van der Waals surface area contributed by atoms with Gasteiger partial charge in [-0.1, -0.05) is 13.8 Å². The SMILES string of the molecule is CC(C)(c1ccc([N+](=O)[O-])cc1F)C1(N)CC1. The summed E-state index contributed by atoms with van der Waals surface area (Å²) < 4.78 is 13.9. The minimum Gasteiger partial charge on any atom is -0.324 e. The van der Waals surface area contributed by atoms with Crippen LogP contribution in [0.2, 0.25) is 0 Å². The van der Waals surface area contributed by atoms with Crippen LogP contribution in [0.15, 0.2) is 18.2 Å². The predicted molar refractivity (Wildman–Crippen MR) is 62.2 cm³/mol. The Labute approximate surface area is 98.8 Å². The van der Waals surface area contributed by atoms with Crippen LogP contribution >= 0.6 is 0 Å². The summed E-state index contributed by atoms with van der Waals surface area (Å²) >= 11 is 0. The van der Waals surface area contributed by atoms with E-state index in [2.05, 4.69) is 0 Å². The Morgan fingerprint density at radius 1 is 1.47 bits per heavy atom. The van der Waals surface area contributed by atoms with Crippen LogP contribution in [0.1, 0.15) is 32.3 Å². The molecule has 4 nitrogen and oxygen atoms in total. The van der Waals surface area contributed by atoms with Gasteiger partial charge in [0.15, 0.2) is 0 Å². The molecule has 5 heteroatoms. The number of nitrogens with two attached hydrogens (primary N) is 1. The van der Waals surface area contributed by atoms with Crippen LogP contribution in [0.3, 0.4) is 0 Å². The molecule has 0 heterocycles. The molecule has 1 aliphatic rings. The van der Waals surface area contributed by atoms with Gasteiger partial charge in [-0.2, -0.15) is 0 Å². The van der Waals surface area contributed by atoms with E-state index >= 15 is 0 Å². The van der Waals surface area contributed by atoms with E-state index in [4.69, 9.17) is 5.73 Å². The van der Waals surface area contributed by atoms with Crippen molar-refractivity contribution in [3.63, 3.8) is 0 Å². The zero-order valence-corrected chi connectivity index (χ0v) is 9.87. The van der Waals surface area contributed by atoms with Crippen molar-refractivity contribution in [2.24, 2.45) is 5.73 Å². The summed E-state index contributed by atoms with van der Waals surface area (Å²) in [6.45, 7) is 3.76. The molecule has 0 amide bonds. The van der Waals surface area contributed by atoms with Gasteiger partial charge in [0.1, 0.15) is 5.82 Å². The number of halogens is 1. The lowest BCUT2D eigenvalue weighted by Crippen LogP contribution is -2.43. The third kappa shape index (κ3) is 1.80. The maximum absolute atomic E-state index is 13.9. The molecule has 0 spiro atoms. The van der Waals surface area contributed by atoms with Crippen LogP contribution < -0.4 is 5.73 Å². The molecule has 0 aromatic heterocycles. The lowest BCUT2D eigenvalue weighted by Gasteiger charge is -2.32. The van der Waals surface area contributed by atoms with E-state index in [1.807, 2.05) is 13.8 Å². The Balaban J connectivity index is 2.43. The van der Waals surface area contributed by atoms with Gasteiger partial charge in [0.2, 0.25) is 0 Å². The first-order chi connectivity index (χ1) is 7.78. The van der Waals surface area contributed by atoms with Gasteiger partial charge < -0.3 is 5.73 Å². The molecule has 92 valence electrons. The van der Waals surface area contributed by atoms with E-state index in [0.717, 1.165) is 18.9 Å². The molecule has 1 aliphatic carbocycles. The van der Waals surface area contributed by atoms with Crippen molar-refractivity contribution >= 4 is 5.69 Å². The zero-order chi connectivity index (χ0) is 12.8. The number of non-ortho nitro benzene ring substituents is 1. The van der Waals surface area contributed by atoms with E-state index in [0.29, 0.717) is 5.56 Å². The molecule has 17 heavy (non-hydrogen) atoms. The number of nitrogens with zero attached hydrogens (tertiary/aromatic N) is 1. The summed E-state index contributed by atoms with van der Waals surface area (Å²) in [4.78, 5) is 9.94. The molecule has 0 atom stereocenters. The predicted octanol–water partition coefficient (Wildman–Crippen LogP) is 2.50. The van der Waals surface area contributed by atoms with E-state index in [-0.39, 0.29) is 11.2 Å². The molecule has 2 N–H and O–H groups in total. The van der Waals surface area contributed by atoms with Crippen molar-refractivity contribution in [3.8, 4) is 0 Å². The summed E-state index contributed by atoms with van der Waals surface area (Å²) in [6, 6.07) is 3.76. The first-order valence-electron chi connectivity index (χ1n) is 5.51. The fraction of sp³-hybridized carbons (Fsp3) is 0.500. The molecule has 1 saturated carbocycles. The maximum atomic E-state index is 13.9. The molecular formula is C12H15FN2O2. The molecule has 1 aromatic rings. The first-order valence-corrected chi connectivity index (χ1v) is 5.51. The minimum absolute atomic E-state index is 0.232. The molecule has 0 saturated heterocycles. The van der Waals surface area contributed by atoms with E-state index in [1.54, 1.807) is 0 Å². The Morgan fingerprint density at radius 3 is 2.47 bits per heavy atom. The van der Waals surface area contributed by atoms with Gasteiger partial charge in [0, 0.05) is 17.0 Å². The van der Waals surface area contributed by atoms with E-state index in [1.165, 1.54) is 12.1 Å². The Bertz CT molecular complexity index is 481. The second-order valence-electron chi connectivity index (χ2n) is 5.20. The van der Waals surface area contributed by atoms with Crippen LogP contribution in [-0.2, 0) is 5.41 Å². The lowest BCUT2D eigenvalue weighted by molar-refractivity contribution is -0.385. The second kappa shape index (κ2) is 3.50. The lowest BCUT2D eigenvalue weighted by atomic mass is 9.75. The van der Waals surface area contributed by atoms with Crippen molar-refractivity contribution in [3.05, 3.63) is 39.7 Å². The van der Waals surface area contributed by atoms with Gasteiger partial charge in [-0.3, -0.25) is 10.1 Å². The van der Waals surface area contributed by atoms with Gasteiger partial charge in [-0.05, 0) is 24.5 Å². The van der Waals surface area contributed by atoms with Crippen LogP contribution in [-0.4, -0.2) is 10.5 Å². The average Bonchev–Trinajstić information content (AvgIpc) is 2.97. The highest BCUT2D eigenvalue weighted by Crippen LogP contribution is 2.49. The van der Waals surface area contributed by atoms with Crippen LogP contribution in [0.5, 0.6) is 0 Å². The van der Waals surface area contributed by atoms with E-state index in [9.17, 15) is 14.5 Å². The molecule has 0 unspecified atom stereocenters. The number of rotatable bonds is 3. The molecule has 0 aliphatic heterocycles. The number of nitro groups is 1. The number of benzene rings is 1. The van der Waals surface area contributed by atoms with Crippen molar-refractivity contribution in [1.29, 1.82) is 0 Å². The van der Waals surface area contributed by atoms with Gasteiger partial charge in [0.25, 0.3) is 5.69 Å².